The van der Waals surface area contributed by atoms with E-state index in [4.69, 9.17) is 37.4 Å². The van der Waals surface area contributed by atoms with Crippen molar-refractivity contribution in [3.63, 3.8) is 0 Å². The number of ether oxygens (including phenoxy) is 3. The Hall–Kier alpha value is -2.96. The zero-order valence-electron chi connectivity index (χ0n) is 20.0. The van der Waals surface area contributed by atoms with Crippen LogP contribution in [0.2, 0.25) is 10.0 Å². The highest BCUT2D eigenvalue weighted by molar-refractivity contribution is 6.35. The Morgan fingerprint density at radius 2 is 1.80 bits per heavy atom. The van der Waals surface area contributed by atoms with Crippen LogP contribution >= 0.6 is 23.2 Å². The number of esters is 1. The van der Waals surface area contributed by atoms with E-state index in [1.165, 1.54) is 0 Å². The molecule has 184 valence electrons. The number of dihydropyridines is 1. The molecular formula is C27H27Cl2NO5. The van der Waals surface area contributed by atoms with Gasteiger partial charge in [-0.15, -0.1) is 0 Å². The minimum Gasteiger partial charge on any atom is -0.493 e. The molecule has 4 rings (SSSR count). The Bertz CT molecular complexity index is 1250. The summed E-state index contributed by atoms with van der Waals surface area (Å²) in [6.07, 6.45) is 0.874. The second-order valence-electron chi connectivity index (χ2n) is 8.52. The van der Waals surface area contributed by atoms with Gasteiger partial charge in [-0.3, -0.25) is 4.79 Å². The number of Topliss-reactive ketones (excluding diaryl/α,β-unsaturated/α-hetero) is 1. The van der Waals surface area contributed by atoms with Gasteiger partial charge in [0.15, 0.2) is 17.3 Å². The topological polar surface area (TPSA) is 73.9 Å². The fourth-order valence-electron chi connectivity index (χ4n) is 4.91. The number of allylic oxidation sites excluding steroid dienone is 3. The zero-order valence-corrected chi connectivity index (χ0v) is 21.5. The molecule has 0 aromatic heterocycles. The number of hydrogen-bond donors (Lipinski definition) is 1. The first-order valence-corrected chi connectivity index (χ1v) is 12.1. The van der Waals surface area contributed by atoms with E-state index in [1.54, 1.807) is 39.3 Å². The van der Waals surface area contributed by atoms with Crippen LogP contribution in [0, 0.1) is 0 Å². The van der Waals surface area contributed by atoms with Gasteiger partial charge in [0.05, 0.1) is 26.4 Å². The number of carbonyl (C=O) groups excluding carboxylic acids is 2. The predicted molar refractivity (Wildman–Crippen MR) is 135 cm³/mol. The minimum absolute atomic E-state index is 0.0520. The Morgan fingerprint density at radius 1 is 1.06 bits per heavy atom. The van der Waals surface area contributed by atoms with Crippen molar-refractivity contribution in [2.24, 2.45) is 0 Å². The van der Waals surface area contributed by atoms with Crippen molar-refractivity contribution in [2.75, 3.05) is 20.8 Å². The van der Waals surface area contributed by atoms with Gasteiger partial charge in [-0.25, -0.2) is 4.79 Å². The summed E-state index contributed by atoms with van der Waals surface area (Å²) in [6, 6.07) is 10.8. The summed E-state index contributed by atoms with van der Waals surface area (Å²) in [4.78, 5) is 26.7. The van der Waals surface area contributed by atoms with Crippen LogP contribution < -0.4 is 14.8 Å². The van der Waals surface area contributed by atoms with Gasteiger partial charge in [-0.1, -0.05) is 35.3 Å². The molecule has 0 fully saturated rings. The lowest BCUT2D eigenvalue weighted by Gasteiger charge is -2.37. The molecule has 8 heteroatoms. The summed E-state index contributed by atoms with van der Waals surface area (Å²) in [5, 5.41) is 4.20. The quantitative estimate of drug-likeness (QED) is 0.480. The summed E-state index contributed by atoms with van der Waals surface area (Å²) in [7, 11) is 3.17. The zero-order chi connectivity index (χ0) is 25.3. The average Bonchev–Trinajstić information content (AvgIpc) is 2.82. The molecule has 1 heterocycles. The number of ketones is 1. The maximum atomic E-state index is 13.7. The molecular weight excluding hydrogens is 489 g/mol. The summed E-state index contributed by atoms with van der Waals surface area (Å²) in [6.45, 7) is 3.79. The Balaban J connectivity index is 1.80. The molecule has 6 nitrogen and oxygen atoms in total. The highest BCUT2D eigenvalue weighted by Crippen LogP contribution is 2.48. The first kappa shape index (κ1) is 25.1. The summed E-state index contributed by atoms with van der Waals surface area (Å²) < 4.78 is 16.2. The van der Waals surface area contributed by atoms with Crippen LogP contribution in [0.4, 0.5) is 0 Å². The maximum absolute atomic E-state index is 13.7. The highest BCUT2D eigenvalue weighted by Gasteiger charge is 2.42. The number of methoxy groups -OCH3 is 2. The molecule has 2 aromatic carbocycles. The summed E-state index contributed by atoms with van der Waals surface area (Å²) in [5.74, 6) is 0.00389. The van der Waals surface area contributed by atoms with Crippen LogP contribution in [0.15, 0.2) is 58.9 Å². The minimum atomic E-state index is -0.645. The Labute approximate surface area is 214 Å². The first-order chi connectivity index (χ1) is 16.8. The van der Waals surface area contributed by atoms with Crippen molar-refractivity contribution in [1.29, 1.82) is 0 Å². The maximum Gasteiger partial charge on any atom is 0.336 e. The molecule has 0 saturated heterocycles. The van der Waals surface area contributed by atoms with Gasteiger partial charge in [0.1, 0.15) is 0 Å². The van der Waals surface area contributed by atoms with Crippen LogP contribution in [0.1, 0.15) is 49.7 Å². The molecule has 0 saturated carbocycles. The Kier molecular flexibility index (Phi) is 7.43. The third-order valence-corrected chi connectivity index (χ3v) is 7.04. The SMILES string of the molecule is CCOC(=O)C1=C(C)NC2=C(C(=O)C[C@H](c3ccc(OC)c(OC)c3)C2)[C@H]1c1ccc(Cl)cc1Cl. The van der Waals surface area contributed by atoms with Gasteiger partial charge < -0.3 is 19.5 Å². The third-order valence-electron chi connectivity index (χ3n) is 6.48. The van der Waals surface area contributed by atoms with Crippen LogP contribution in [-0.2, 0) is 14.3 Å². The van der Waals surface area contributed by atoms with E-state index < -0.39 is 11.9 Å². The molecule has 35 heavy (non-hydrogen) atoms. The normalized spacial score (nSPS) is 19.8. The van der Waals surface area contributed by atoms with Crippen molar-refractivity contribution in [1.82, 2.24) is 5.32 Å². The highest BCUT2D eigenvalue weighted by atomic mass is 35.5. The smallest absolute Gasteiger partial charge is 0.336 e. The van der Waals surface area contributed by atoms with Crippen LogP contribution in [0.3, 0.4) is 0 Å². The second-order valence-corrected chi connectivity index (χ2v) is 9.36. The fourth-order valence-corrected chi connectivity index (χ4v) is 5.43. The van der Waals surface area contributed by atoms with Crippen molar-refractivity contribution < 1.29 is 23.8 Å². The van der Waals surface area contributed by atoms with E-state index in [-0.39, 0.29) is 24.7 Å². The van der Waals surface area contributed by atoms with Crippen molar-refractivity contribution >= 4 is 35.0 Å². The van der Waals surface area contributed by atoms with E-state index in [0.717, 1.165) is 11.3 Å². The molecule has 1 aliphatic heterocycles. The number of halogens is 2. The van der Waals surface area contributed by atoms with Gasteiger partial charge in [-0.2, -0.15) is 0 Å². The molecule has 1 N–H and O–H groups in total. The number of carbonyl (C=O) groups is 2. The molecule has 0 amide bonds. The largest absolute Gasteiger partial charge is 0.493 e. The van der Waals surface area contributed by atoms with Crippen LogP contribution in [0.5, 0.6) is 11.5 Å². The Morgan fingerprint density at radius 3 is 2.46 bits per heavy atom. The lowest BCUT2D eigenvalue weighted by Crippen LogP contribution is -2.36. The van der Waals surface area contributed by atoms with Gasteiger partial charge in [0.2, 0.25) is 0 Å². The van der Waals surface area contributed by atoms with E-state index in [0.29, 0.717) is 50.4 Å². The summed E-state index contributed by atoms with van der Waals surface area (Å²) >= 11 is 12.7. The number of benzene rings is 2. The van der Waals surface area contributed by atoms with Crippen molar-refractivity contribution in [3.8, 4) is 11.5 Å². The van der Waals surface area contributed by atoms with E-state index in [9.17, 15) is 9.59 Å². The lowest BCUT2D eigenvalue weighted by molar-refractivity contribution is -0.138. The molecule has 0 radical (unpaired) electrons. The number of nitrogens with one attached hydrogen (secondary N) is 1. The van der Waals surface area contributed by atoms with Crippen LogP contribution in [-0.4, -0.2) is 32.6 Å². The first-order valence-electron chi connectivity index (χ1n) is 11.4. The fraction of sp³-hybridized carbons (Fsp3) is 0.333. The molecule has 0 bridgehead atoms. The van der Waals surface area contributed by atoms with Gasteiger partial charge >= 0.3 is 5.97 Å². The molecule has 0 spiro atoms. The van der Waals surface area contributed by atoms with Crippen molar-refractivity contribution in [2.45, 2.75) is 38.5 Å². The standard InChI is InChI=1S/C27H27Cl2NO5/c1-5-35-27(32)24-14(2)30-20-10-16(15-6-9-22(33-3)23(12-15)34-4)11-21(31)26(20)25(24)18-8-7-17(28)13-19(18)29/h6-9,12-13,16,25,30H,5,10-11H2,1-4H3/t16-,25+/m1/s1. The van der Waals surface area contributed by atoms with E-state index in [2.05, 4.69) is 5.32 Å². The second kappa shape index (κ2) is 10.3. The van der Waals surface area contributed by atoms with Gasteiger partial charge in [0.25, 0.3) is 0 Å². The number of hydrogen-bond acceptors (Lipinski definition) is 6. The number of rotatable bonds is 6. The molecule has 2 aromatic rings. The van der Waals surface area contributed by atoms with E-state index >= 15 is 0 Å². The van der Waals surface area contributed by atoms with Crippen LogP contribution in [0.25, 0.3) is 0 Å². The summed E-state index contributed by atoms with van der Waals surface area (Å²) in [5.41, 5.74) is 3.96. The van der Waals surface area contributed by atoms with Crippen molar-refractivity contribution in [3.05, 3.63) is 80.1 Å². The molecule has 2 aliphatic rings. The lowest BCUT2D eigenvalue weighted by atomic mass is 9.71. The monoisotopic (exact) mass is 515 g/mol. The third kappa shape index (κ3) is 4.78. The molecule has 1 aliphatic carbocycles. The molecule has 0 unspecified atom stereocenters. The van der Waals surface area contributed by atoms with Gasteiger partial charge in [-0.05, 0) is 61.6 Å². The average molecular weight is 516 g/mol. The predicted octanol–water partition coefficient (Wildman–Crippen LogP) is 5.94. The molecule has 2 atom stereocenters. The van der Waals surface area contributed by atoms with E-state index in [1.807, 2.05) is 25.1 Å². The van der Waals surface area contributed by atoms with Gasteiger partial charge in [0, 0.05) is 39.4 Å².